The number of nitriles is 1. The normalized spacial score (nSPS) is 35.3. The van der Waals surface area contributed by atoms with Gasteiger partial charge in [0.2, 0.25) is 0 Å². The van der Waals surface area contributed by atoms with Gasteiger partial charge in [0.05, 0.1) is 16.2 Å². The van der Waals surface area contributed by atoms with Crippen molar-refractivity contribution in [3.63, 3.8) is 0 Å². The van der Waals surface area contributed by atoms with Gasteiger partial charge in [0.25, 0.3) is 0 Å². The van der Waals surface area contributed by atoms with Crippen molar-refractivity contribution in [3.8, 4) is 6.07 Å². The SMILES string of the molecule is C[C@]12CCC3c4ccc(Cl)c(C#N)c4CCC3C1CC[C@@]2(O)Cc1ccncc1. The second-order valence-corrected chi connectivity index (χ2v) is 9.98. The second kappa shape index (κ2) is 6.83. The molecule has 3 aliphatic rings. The quantitative estimate of drug-likeness (QED) is 0.722. The molecule has 0 saturated heterocycles. The molecule has 1 N–H and O–H groups in total. The van der Waals surface area contributed by atoms with Gasteiger partial charge in [0, 0.05) is 18.8 Å². The van der Waals surface area contributed by atoms with E-state index in [2.05, 4.69) is 24.0 Å². The van der Waals surface area contributed by atoms with Crippen LogP contribution in [-0.2, 0) is 12.8 Å². The lowest BCUT2D eigenvalue weighted by molar-refractivity contribution is -0.102. The van der Waals surface area contributed by atoms with Gasteiger partial charge in [-0.3, -0.25) is 4.98 Å². The third-order valence-electron chi connectivity index (χ3n) is 8.54. The monoisotopic (exact) mass is 406 g/mol. The molecule has 0 amide bonds. The van der Waals surface area contributed by atoms with Crippen LogP contribution < -0.4 is 0 Å². The molecule has 3 aliphatic carbocycles. The van der Waals surface area contributed by atoms with Crippen molar-refractivity contribution >= 4 is 11.6 Å². The summed E-state index contributed by atoms with van der Waals surface area (Å²) < 4.78 is 0. The van der Waals surface area contributed by atoms with Gasteiger partial charge < -0.3 is 5.11 Å². The van der Waals surface area contributed by atoms with E-state index in [4.69, 9.17) is 11.6 Å². The number of nitrogens with zero attached hydrogens (tertiary/aromatic N) is 2. The van der Waals surface area contributed by atoms with Crippen LogP contribution in [-0.4, -0.2) is 15.7 Å². The highest BCUT2D eigenvalue weighted by atomic mass is 35.5. The Morgan fingerprint density at radius 1 is 1.17 bits per heavy atom. The first-order valence-corrected chi connectivity index (χ1v) is 11.2. The van der Waals surface area contributed by atoms with Crippen molar-refractivity contribution in [1.82, 2.24) is 4.98 Å². The van der Waals surface area contributed by atoms with E-state index in [0.29, 0.717) is 34.8 Å². The molecule has 2 aromatic rings. The fourth-order valence-corrected chi connectivity index (χ4v) is 7.22. The number of fused-ring (bicyclic) bond motifs is 5. The fourth-order valence-electron chi connectivity index (χ4n) is 7.00. The number of halogens is 1. The minimum Gasteiger partial charge on any atom is -0.389 e. The summed E-state index contributed by atoms with van der Waals surface area (Å²) >= 11 is 6.30. The van der Waals surface area contributed by atoms with E-state index < -0.39 is 5.60 Å². The minimum atomic E-state index is -0.651. The maximum atomic E-state index is 11.8. The first kappa shape index (κ1) is 19.1. The maximum Gasteiger partial charge on any atom is 0.101 e. The smallest absolute Gasteiger partial charge is 0.101 e. The molecule has 1 aromatic carbocycles. The van der Waals surface area contributed by atoms with Crippen molar-refractivity contribution in [3.05, 3.63) is 63.9 Å². The number of aromatic nitrogens is 1. The predicted octanol–water partition coefficient (Wildman–Crippen LogP) is 5.44. The number of hydrogen-bond acceptors (Lipinski definition) is 3. The molecule has 0 radical (unpaired) electrons. The van der Waals surface area contributed by atoms with Crippen molar-refractivity contribution in [2.24, 2.45) is 17.3 Å². The molecule has 0 aliphatic heterocycles. The third kappa shape index (κ3) is 2.76. The van der Waals surface area contributed by atoms with Crippen LogP contribution in [0.2, 0.25) is 5.02 Å². The Labute approximate surface area is 177 Å². The van der Waals surface area contributed by atoms with E-state index in [9.17, 15) is 10.4 Å². The first-order valence-electron chi connectivity index (χ1n) is 10.8. The topological polar surface area (TPSA) is 56.9 Å². The van der Waals surface area contributed by atoms with E-state index in [-0.39, 0.29) is 5.41 Å². The Balaban J connectivity index is 1.47. The second-order valence-electron chi connectivity index (χ2n) is 9.58. The van der Waals surface area contributed by atoms with Crippen molar-refractivity contribution < 1.29 is 5.11 Å². The van der Waals surface area contributed by atoms with Gasteiger partial charge in [-0.1, -0.05) is 24.6 Å². The molecule has 5 rings (SSSR count). The van der Waals surface area contributed by atoms with E-state index in [1.807, 2.05) is 30.6 Å². The van der Waals surface area contributed by atoms with Gasteiger partial charge in [-0.15, -0.1) is 0 Å². The molecule has 2 saturated carbocycles. The summed E-state index contributed by atoms with van der Waals surface area (Å²) in [7, 11) is 0. The minimum absolute atomic E-state index is 0.0561. The van der Waals surface area contributed by atoms with Crippen molar-refractivity contribution in [2.75, 3.05) is 0 Å². The lowest BCUT2D eigenvalue weighted by Crippen LogP contribution is -2.51. The number of aliphatic hydroxyl groups is 1. The van der Waals surface area contributed by atoms with Crippen LogP contribution in [0.4, 0.5) is 0 Å². The largest absolute Gasteiger partial charge is 0.389 e. The summed E-state index contributed by atoms with van der Waals surface area (Å²) in [6.45, 7) is 2.33. The summed E-state index contributed by atoms with van der Waals surface area (Å²) in [6.07, 6.45) is 10.4. The zero-order chi connectivity index (χ0) is 20.2. The van der Waals surface area contributed by atoms with Gasteiger partial charge in [0.1, 0.15) is 6.07 Å². The highest BCUT2D eigenvalue weighted by Crippen LogP contribution is 2.65. The van der Waals surface area contributed by atoms with Gasteiger partial charge >= 0.3 is 0 Å². The number of rotatable bonds is 2. The van der Waals surface area contributed by atoms with Crippen LogP contribution in [0.3, 0.4) is 0 Å². The molecule has 29 heavy (non-hydrogen) atoms. The molecule has 3 unspecified atom stereocenters. The molecule has 1 aromatic heterocycles. The van der Waals surface area contributed by atoms with E-state index in [1.54, 1.807) is 0 Å². The number of benzene rings is 1. The van der Waals surface area contributed by atoms with Crippen LogP contribution in [0.25, 0.3) is 0 Å². The third-order valence-corrected chi connectivity index (χ3v) is 8.86. The zero-order valence-corrected chi connectivity index (χ0v) is 17.6. The maximum absolute atomic E-state index is 11.8. The predicted molar refractivity (Wildman–Crippen MR) is 114 cm³/mol. The highest BCUT2D eigenvalue weighted by Gasteiger charge is 2.61. The standard InChI is InChI=1S/C25H27ClN2O/c1-24-10-6-19-17-4-5-23(26)21(15-27)18(17)2-3-20(19)22(24)7-11-25(24,29)14-16-8-12-28-13-9-16/h4-5,8-9,12-13,19-20,22,29H,2-3,6-7,10-11,14H2,1H3/t19?,20?,22?,24-,25+/m0/s1. The molecule has 5 atom stereocenters. The van der Waals surface area contributed by atoms with Gasteiger partial charge in [-0.2, -0.15) is 5.26 Å². The van der Waals surface area contributed by atoms with Crippen LogP contribution in [0.1, 0.15) is 67.2 Å². The Morgan fingerprint density at radius 3 is 2.72 bits per heavy atom. The molecular weight excluding hydrogens is 380 g/mol. The van der Waals surface area contributed by atoms with Crippen LogP contribution in [0.5, 0.6) is 0 Å². The molecule has 0 spiro atoms. The molecule has 150 valence electrons. The van der Waals surface area contributed by atoms with E-state index in [0.717, 1.165) is 38.5 Å². The fraction of sp³-hybridized carbons (Fsp3) is 0.520. The molecule has 3 nitrogen and oxygen atoms in total. The number of pyridine rings is 1. The number of hydrogen-bond donors (Lipinski definition) is 1. The summed E-state index contributed by atoms with van der Waals surface area (Å²) in [6, 6.07) is 10.5. The van der Waals surface area contributed by atoms with Gasteiger partial charge in [-0.05, 0) is 96.6 Å². The summed E-state index contributed by atoms with van der Waals surface area (Å²) in [5, 5.41) is 22.0. The Bertz CT molecular complexity index is 984. The molecule has 2 fully saturated rings. The average Bonchev–Trinajstić information content (AvgIpc) is 2.99. The Hall–Kier alpha value is -1.89. The molecule has 0 bridgehead atoms. The highest BCUT2D eigenvalue weighted by molar-refractivity contribution is 6.31. The Kier molecular flexibility index (Phi) is 4.49. The van der Waals surface area contributed by atoms with Crippen LogP contribution in [0, 0.1) is 28.6 Å². The lowest BCUT2D eigenvalue weighted by atomic mass is 9.52. The van der Waals surface area contributed by atoms with E-state index >= 15 is 0 Å². The van der Waals surface area contributed by atoms with Crippen molar-refractivity contribution in [2.45, 2.75) is 63.4 Å². The summed E-state index contributed by atoms with van der Waals surface area (Å²) in [4.78, 5) is 4.12. The first-order chi connectivity index (χ1) is 14.0. The molecule has 1 heterocycles. The van der Waals surface area contributed by atoms with Crippen LogP contribution >= 0.6 is 11.6 Å². The Morgan fingerprint density at radius 2 is 1.97 bits per heavy atom. The summed E-state index contributed by atoms with van der Waals surface area (Å²) in [5.41, 5.74) is 3.66. The van der Waals surface area contributed by atoms with E-state index in [1.165, 1.54) is 16.7 Å². The van der Waals surface area contributed by atoms with Gasteiger partial charge in [0.15, 0.2) is 0 Å². The summed E-state index contributed by atoms with van der Waals surface area (Å²) in [5.74, 6) is 1.60. The average molecular weight is 407 g/mol. The molecule has 4 heteroatoms. The molecular formula is C25H27ClN2O. The van der Waals surface area contributed by atoms with Gasteiger partial charge in [-0.25, -0.2) is 0 Å². The lowest BCUT2D eigenvalue weighted by Gasteiger charge is -2.53. The zero-order valence-electron chi connectivity index (χ0n) is 16.9. The van der Waals surface area contributed by atoms with Crippen LogP contribution in [0.15, 0.2) is 36.7 Å². The van der Waals surface area contributed by atoms with Crippen molar-refractivity contribution in [1.29, 1.82) is 5.26 Å².